The molecule has 0 aliphatic heterocycles. The molecule has 2 aromatic rings. The number of rotatable bonds is 2. The lowest BCUT2D eigenvalue weighted by molar-refractivity contribution is 0.102. The van der Waals surface area contributed by atoms with Crippen LogP contribution in [0.15, 0.2) is 17.8 Å². The fraction of sp³-hybridized carbons (Fsp3) is 0.333. The number of amides is 1. The lowest BCUT2D eigenvalue weighted by Gasteiger charge is -2.12. The third kappa shape index (κ3) is 1.98. The van der Waals surface area contributed by atoms with E-state index in [1.807, 2.05) is 5.38 Å². The Morgan fingerprint density at radius 1 is 1.41 bits per heavy atom. The Bertz CT molecular complexity index is 530. The SMILES string of the molecule is O=C(Nc1ncc[nH]1)c1csc2c1CCCC2. The highest BCUT2D eigenvalue weighted by Gasteiger charge is 2.20. The summed E-state index contributed by atoms with van der Waals surface area (Å²) >= 11 is 1.70. The van der Waals surface area contributed by atoms with Crippen molar-refractivity contribution < 1.29 is 4.79 Å². The molecule has 0 saturated heterocycles. The van der Waals surface area contributed by atoms with Crippen molar-refractivity contribution in [2.75, 3.05) is 5.32 Å². The summed E-state index contributed by atoms with van der Waals surface area (Å²) in [6.45, 7) is 0. The zero-order chi connectivity index (χ0) is 11.7. The van der Waals surface area contributed by atoms with E-state index < -0.39 is 0 Å². The summed E-state index contributed by atoms with van der Waals surface area (Å²) in [6.07, 6.45) is 7.89. The minimum atomic E-state index is -0.0562. The van der Waals surface area contributed by atoms with Gasteiger partial charge in [0.1, 0.15) is 0 Å². The Morgan fingerprint density at radius 3 is 3.12 bits per heavy atom. The molecule has 4 nitrogen and oxygen atoms in total. The van der Waals surface area contributed by atoms with Crippen LogP contribution in [0, 0.1) is 0 Å². The molecule has 0 saturated carbocycles. The van der Waals surface area contributed by atoms with E-state index in [2.05, 4.69) is 15.3 Å². The number of nitrogens with one attached hydrogen (secondary N) is 2. The van der Waals surface area contributed by atoms with E-state index in [9.17, 15) is 4.79 Å². The summed E-state index contributed by atoms with van der Waals surface area (Å²) in [4.78, 5) is 20.3. The van der Waals surface area contributed by atoms with Crippen LogP contribution in [0.25, 0.3) is 0 Å². The molecular formula is C12H13N3OS. The van der Waals surface area contributed by atoms with Gasteiger partial charge in [0.05, 0.1) is 5.56 Å². The van der Waals surface area contributed by atoms with Crippen LogP contribution >= 0.6 is 11.3 Å². The average Bonchev–Trinajstić information content (AvgIpc) is 2.96. The van der Waals surface area contributed by atoms with Gasteiger partial charge in [-0.25, -0.2) is 4.98 Å². The fourth-order valence-electron chi connectivity index (χ4n) is 2.19. The summed E-state index contributed by atoms with van der Waals surface area (Å²) in [7, 11) is 0. The van der Waals surface area contributed by atoms with Crippen molar-refractivity contribution >= 4 is 23.2 Å². The minimum absolute atomic E-state index is 0.0562. The zero-order valence-corrected chi connectivity index (χ0v) is 10.1. The molecule has 88 valence electrons. The van der Waals surface area contributed by atoms with E-state index in [1.54, 1.807) is 23.7 Å². The molecular weight excluding hydrogens is 234 g/mol. The van der Waals surface area contributed by atoms with E-state index >= 15 is 0 Å². The molecule has 0 fully saturated rings. The normalized spacial score (nSPS) is 14.4. The summed E-state index contributed by atoms with van der Waals surface area (Å²) < 4.78 is 0. The molecule has 0 unspecified atom stereocenters. The van der Waals surface area contributed by atoms with Crippen molar-refractivity contribution in [2.24, 2.45) is 0 Å². The quantitative estimate of drug-likeness (QED) is 0.857. The summed E-state index contributed by atoms with van der Waals surface area (Å²) in [5.74, 6) is 0.449. The molecule has 2 aromatic heterocycles. The van der Waals surface area contributed by atoms with Crippen molar-refractivity contribution in [1.29, 1.82) is 0 Å². The summed E-state index contributed by atoms with van der Waals surface area (Å²) in [6, 6.07) is 0. The lowest BCUT2D eigenvalue weighted by atomic mass is 9.96. The van der Waals surface area contributed by atoms with Gasteiger partial charge in [-0.15, -0.1) is 11.3 Å². The third-order valence-electron chi connectivity index (χ3n) is 3.04. The van der Waals surface area contributed by atoms with Crippen LogP contribution < -0.4 is 5.32 Å². The highest BCUT2D eigenvalue weighted by molar-refractivity contribution is 7.10. The predicted molar refractivity (Wildman–Crippen MR) is 67.5 cm³/mol. The number of fused-ring (bicyclic) bond motifs is 1. The predicted octanol–water partition coefficient (Wildman–Crippen LogP) is 2.60. The first-order valence-corrected chi connectivity index (χ1v) is 6.62. The number of anilines is 1. The smallest absolute Gasteiger partial charge is 0.259 e. The number of aromatic amines is 1. The van der Waals surface area contributed by atoms with Crippen molar-refractivity contribution in [3.05, 3.63) is 33.8 Å². The molecule has 0 bridgehead atoms. The second kappa shape index (κ2) is 4.33. The Morgan fingerprint density at radius 2 is 2.29 bits per heavy atom. The lowest BCUT2D eigenvalue weighted by Crippen LogP contribution is -2.15. The van der Waals surface area contributed by atoms with Gasteiger partial charge < -0.3 is 4.98 Å². The standard InChI is InChI=1S/C12H13N3OS/c16-11(15-12-13-5-6-14-12)9-7-17-10-4-2-1-3-8(9)10/h5-7H,1-4H2,(H2,13,14,15,16). The number of nitrogens with zero attached hydrogens (tertiary/aromatic N) is 1. The van der Waals surface area contributed by atoms with Gasteiger partial charge in [-0.2, -0.15) is 0 Å². The highest BCUT2D eigenvalue weighted by Crippen LogP contribution is 2.30. The molecule has 3 rings (SSSR count). The summed E-state index contributed by atoms with van der Waals surface area (Å²) in [5.41, 5.74) is 2.06. The molecule has 0 atom stereocenters. The van der Waals surface area contributed by atoms with Crippen LogP contribution in [0.5, 0.6) is 0 Å². The Labute approximate surface area is 103 Å². The van der Waals surface area contributed by atoms with Crippen molar-refractivity contribution in [3.63, 3.8) is 0 Å². The van der Waals surface area contributed by atoms with Gasteiger partial charge in [0.2, 0.25) is 5.95 Å². The maximum Gasteiger partial charge on any atom is 0.259 e. The van der Waals surface area contributed by atoms with Crippen LogP contribution in [-0.4, -0.2) is 15.9 Å². The van der Waals surface area contributed by atoms with Gasteiger partial charge in [0.25, 0.3) is 5.91 Å². The number of thiophene rings is 1. The number of hydrogen-bond acceptors (Lipinski definition) is 3. The largest absolute Gasteiger partial charge is 0.331 e. The van der Waals surface area contributed by atoms with Crippen LogP contribution in [0.2, 0.25) is 0 Å². The second-order valence-corrected chi connectivity index (χ2v) is 5.11. The van der Waals surface area contributed by atoms with Gasteiger partial charge >= 0.3 is 0 Å². The molecule has 0 aromatic carbocycles. The molecule has 5 heteroatoms. The average molecular weight is 247 g/mol. The topological polar surface area (TPSA) is 57.8 Å². The van der Waals surface area contributed by atoms with E-state index in [-0.39, 0.29) is 5.91 Å². The zero-order valence-electron chi connectivity index (χ0n) is 9.32. The summed E-state index contributed by atoms with van der Waals surface area (Å²) in [5, 5.41) is 4.74. The van der Waals surface area contributed by atoms with Crippen LogP contribution in [-0.2, 0) is 12.8 Å². The first-order valence-electron chi connectivity index (χ1n) is 5.74. The van der Waals surface area contributed by atoms with Crippen LogP contribution in [0.1, 0.15) is 33.6 Å². The minimum Gasteiger partial charge on any atom is -0.331 e. The fourth-order valence-corrected chi connectivity index (χ4v) is 3.32. The van der Waals surface area contributed by atoms with Gasteiger partial charge in [0, 0.05) is 22.7 Å². The first kappa shape index (κ1) is 10.5. The molecule has 2 N–H and O–H groups in total. The van der Waals surface area contributed by atoms with Crippen LogP contribution in [0.4, 0.5) is 5.95 Å². The molecule has 1 aliphatic carbocycles. The van der Waals surface area contributed by atoms with Gasteiger partial charge in [0.15, 0.2) is 0 Å². The molecule has 1 amide bonds. The van der Waals surface area contributed by atoms with Crippen molar-refractivity contribution in [1.82, 2.24) is 9.97 Å². The second-order valence-electron chi connectivity index (χ2n) is 4.15. The van der Waals surface area contributed by atoms with Gasteiger partial charge in [-0.3, -0.25) is 10.1 Å². The van der Waals surface area contributed by atoms with E-state index in [0.29, 0.717) is 5.95 Å². The number of carbonyl (C=O) groups is 1. The van der Waals surface area contributed by atoms with E-state index in [0.717, 1.165) is 18.4 Å². The highest BCUT2D eigenvalue weighted by atomic mass is 32.1. The Kier molecular flexibility index (Phi) is 2.68. The molecule has 17 heavy (non-hydrogen) atoms. The number of aromatic nitrogens is 2. The number of H-pyrrole nitrogens is 1. The monoisotopic (exact) mass is 247 g/mol. The number of imidazole rings is 1. The maximum absolute atomic E-state index is 12.1. The molecule has 1 aliphatic rings. The molecule has 0 spiro atoms. The van der Waals surface area contributed by atoms with Gasteiger partial charge in [-0.05, 0) is 31.2 Å². The molecule has 0 radical (unpaired) electrons. The van der Waals surface area contributed by atoms with E-state index in [4.69, 9.17) is 0 Å². The number of carbonyl (C=O) groups excluding carboxylic acids is 1. The van der Waals surface area contributed by atoms with Gasteiger partial charge in [-0.1, -0.05) is 0 Å². The number of hydrogen-bond donors (Lipinski definition) is 2. The first-order chi connectivity index (χ1) is 8.34. The third-order valence-corrected chi connectivity index (χ3v) is 4.12. The maximum atomic E-state index is 12.1. The van der Waals surface area contributed by atoms with E-state index in [1.165, 1.54) is 23.3 Å². The van der Waals surface area contributed by atoms with Crippen molar-refractivity contribution in [3.8, 4) is 0 Å². The Hall–Kier alpha value is -1.62. The van der Waals surface area contributed by atoms with Crippen molar-refractivity contribution in [2.45, 2.75) is 25.7 Å². The number of aryl methyl sites for hydroxylation is 1. The Balaban J connectivity index is 1.84. The van der Waals surface area contributed by atoms with Crippen LogP contribution in [0.3, 0.4) is 0 Å². The molecule has 2 heterocycles.